The molecule has 0 saturated heterocycles. The zero-order valence-electron chi connectivity index (χ0n) is 14.8. The van der Waals surface area contributed by atoms with Crippen molar-refractivity contribution >= 4 is 5.84 Å². The Hall–Kier alpha value is -2.40. The molecule has 3 rings (SSSR count). The van der Waals surface area contributed by atoms with Crippen LogP contribution >= 0.6 is 0 Å². The molecule has 0 spiro atoms. The lowest BCUT2D eigenvalue weighted by atomic mass is 9.86. The van der Waals surface area contributed by atoms with Crippen molar-refractivity contribution in [3.63, 3.8) is 0 Å². The lowest BCUT2D eigenvalue weighted by Gasteiger charge is -2.30. The van der Waals surface area contributed by atoms with Crippen molar-refractivity contribution in [2.24, 2.45) is 11.7 Å². The van der Waals surface area contributed by atoms with Gasteiger partial charge in [0.05, 0.1) is 6.20 Å². The maximum atomic E-state index is 8.23. The third-order valence-corrected chi connectivity index (χ3v) is 4.57. The molecule has 0 aliphatic heterocycles. The van der Waals surface area contributed by atoms with Crippen molar-refractivity contribution in [1.29, 1.82) is 10.8 Å². The highest BCUT2D eigenvalue weighted by Gasteiger charge is 2.26. The largest absolute Gasteiger partial charge is 0.484 e. The Morgan fingerprint density at radius 2 is 1.92 bits per heavy atom. The van der Waals surface area contributed by atoms with Gasteiger partial charge < -0.3 is 10.5 Å². The fraction of sp³-hybridized carbons (Fsp3) is 0.400. The van der Waals surface area contributed by atoms with E-state index in [-0.39, 0.29) is 12.1 Å². The van der Waals surface area contributed by atoms with Crippen LogP contribution in [0.2, 0.25) is 0 Å². The van der Waals surface area contributed by atoms with Gasteiger partial charge in [0.15, 0.2) is 0 Å². The predicted molar refractivity (Wildman–Crippen MR) is 98.8 cm³/mol. The highest BCUT2D eigenvalue weighted by atomic mass is 16.5. The first-order valence-corrected chi connectivity index (χ1v) is 8.82. The van der Waals surface area contributed by atoms with Crippen molar-refractivity contribution in [2.45, 2.75) is 45.3 Å². The molecule has 0 radical (unpaired) electrons. The zero-order valence-corrected chi connectivity index (χ0v) is 14.8. The summed E-state index contributed by atoms with van der Waals surface area (Å²) in [5, 5.41) is 16.3. The smallest absolute Gasteiger partial charge is 0.137 e. The van der Waals surface area contributed by atoms with Crippen LogP contribution in [0.25, 0.3) is 0 Å². The minimum Gasteiger partial charge on any atom is -0.484 e. The lowest BCUT2D eigenvalue weighted by Crippen LogP contribution is -2.27. The molecule has 5 heteroatoms. The first-order valence-electron chi connectivity index (χ1n) is 8.82. The molecule has 0 amide bonds. The number of aromatic nitrogens is 1. The third-order valence-electron chi connectivity index (χ3n) is 4.57. The predicted octanol–water partition coefficient (Wildman–Crippen LogP) is 3.75. The minimum atomic E-state index is -0.0414. The number of nitrogens with one attached hydrogen (secondary N) is 2. The number of benzene rings is 1. The summed E-state index contributed by atoms with van der Waals surface area (Å²) in [6.45, 7) is 4.14. The highest BCUT2D eigenvalue weighted by molar-refractivity contribution is 5.81. The first-order chi connectivity index (χ1) is 12.0. The molecule has 0 fully saturated rings. The molecule has 1 aromatic heterocycles. The van der Waals surface area contributed by atoms with E-state index < -0.39 is 0 Å². The Morgan fingerprint density at radius 1 is 1.20 bits per heavy atom. The second-order valence-electron chi connectivity index (χ2n) is 7.08. The van der Waals surface area contributed by atoms with Gasteiger partial charge in [0.2, 0.25) is 0 Å². The van der Waals surface area contributed by atoms with E-state index in [0.717, 1.165) is 24.0 Å². The number of fused-ring (bicyclic) bond motifs is 1. The van der Waals surface area contributed by atoms with Crippen LogP contribution in [-0.4, -0.2) is 10.4 Å². The first kappa shape index (κ1) is 17.4. The Balaban J connectivity index is 1.86. The Kier molecular flexibility index (Phi) is 5.04. The van der Waals surface area contributed by atoms with Crippen LogP contribution in [0.5, 0.6) is 5.75 Å². The number of nitrogens with two attached hydrogens (primary N) is 1. The average molecular weight is 338 g/mol. The second kappa shape index (κ2) is 7.23. The molecule has 132 valence electrons. The van der Waals surface area contributed by atoms with Crippen molar-refractivity contribution in [3.8, 4) is 5.75 Å². The van der Waals surface area contributed by atoms with Gasteiger partial charge in [-0.1, -0.05) is 38.1 Å². The summed E-state index contributed by atoms with van der Waals surface area (Å²) >= 11 is 0. The summed E-state index contributed by atoms with van der Waals surface area (Å²) in [7, 11) is 0. The van der Waals surface area contributed by atoms with Crippen LogP contribution in [0.4, 0.5) is 0 Å². The Labute approximate surface area is 148 Å². The van der Waals surface area contributed by atoms with E-state index in [1.165, 1.54) is 0 Å². The molecule has 25 heavy (non-hydrogen) atoms. The summed E-state index contributed by atoms with van der Waals surface area (Å²) in [4.78, 5) is 0. The molecule has 1 heterocycles. The molecule has 2 atom stereocenters. The van der Waals surface area contributed by atoms with Gasteiger partial charge in [0.1, 0.15) is 23.2 Å². The van der Waals surface area contributed by atoms with Gasteiger partial charge in [-0.3, -0.25) is 15.4 Å². The number of hydrogen-bond donors (Lipinski definition) is 3. The van der Waals surface area contributed by atoms with Gasteiger partial charge in [0.25, 0.3) is 0 Å². The molecule has 1 aliphatic carbocycles. The van der Waals surface area contributed by atoms with E-state index >= 15 is 0 Å². The number of pyridine rings is 1. The van der Waals surface area contributed by atoms with Crippen molar-refractivity contribution in [1.82, 2.24) is 4.57 Å². The van der Waals surface area contributed by atoms with Gasteiger partial charge >= 0.3 is 0 Å². The van der Waals surface area contributed by atoms with Crippen LogP contribution < -0.4 is 16.0 Å². The Bertz CT molecular complexity index is 824. The van der Waals surface area contributed by atoms with Crippen LogP contribution in [0.1, 0.15) is 56.4 Å². The van der Waals surface area contributed by atoms with Gasteiger partial charge in [-0.25, -0.2) is 0 Å². The number of ether oxygens (including phenoxy) is 1. The maximum Gasteiger partial charge on any atom is 0.137 e. The standard InChI is InChI=1S/C20H26N4O/c1-13(2)11-20(23)24-12-14(7-10-19(24)22)25-18-9-8-17(21)15-5-3-4-6-16(15)18/h3-7,10,12-13,17-18,22-23H,8-9,11,21H2,1-2H3. The number of hydrogen-bond acceptors (Lipinski definition) is 4. The quantitative estimate of drug-likeness (QED) is 0.585. The van der Waals surface area contributed by atoms with Crippen molar-refractivity contribution < 1.29 is 4.74 Å². The second-order valence-corrected chi connectivity index (χ2v) is 7.08. The van der Waals surface area contributed by atoms with Gasteiger partial charge in [-0.05, 0) is 42.0 Å². The Morgan fingerprint density at radius 3 is 2.64 bits per heavy atom. The van der Waals surface area contributed by atoms with E-state index in [9.17, 15) is 0 Å². The molecule has 2 aromatic rings. The molecule has 0 bridgehead atoms. The summed E-state index contributed by atoms with van der Waals surface area (Å²) in [5.74, 6) is 1.46. The molecule has 4 N–H and O–H groups in total. The fourth-order valence-corrected chi connectivity index (χ4v) is 3.33. The average Bonchev–Trinajstić information content (AvgIpc) is 2.58. The van der Waals surface area contributed by atoms with E-state index in [2.05, 4.69) is 26.0 Å². The van der Waals surface area contributed by atoms with Gasteiger partial charge in [0, 0.05) is 12.5 Å². The van der Waals surface area contributed by atoms with E-state index in [0.29, 0.717) is 29.4 Å². The molecule has 2 unspecified atom stereocenters. The van der Waals surface area contributed by atoms with Crippen molar-refractivity contribution in [3.05, 3.63) is 59.2 Å². The summed E-state index contributed by atoms with van der Waals surface area (Å²) in [6.07, 6.45) is 4.09. The SMILES string of the molecule is CC(C)CC(=N)n1cc(OC2CCC(N)c3ccccc32)ccc1=N. The highest BCUT2D eigenvalue weighted by Crippen LogP contribution is 2.37. The molecule has 5 nitrogen and oxygen atoms in total. The molecule has 1 aliphatic rings. The van der Waals surface area contributed by atoms with E-state index in [4.69, 9.17) is 21.3 Å². The van der Waals surface area contributed by atoms with Crippen LogP contribution in [-0.2, 0) is 0 Å². The van der Waals surface area contributed by atoms with E-state index in [1.807, 2.05) is 12.1 Å². The topological polar surface area (TPSA) is 87.9 Å². The molecule has 1 aromatic carbocycles. The van der Waals surface area contributed by atoms with Crippen molar-refractivity contribution in [2.75, 3.05) is 0 Å². The molecular weight excluding hydrogens is 312 g/mol. The van der Waals surface area contributed by atoms with Crippen LogP contribution in [0.3, 0.4) is 0 Å². The molecular formula is C20H26N4O. The minimum absolute atomic E-state index is 0.0414. The maximum absolute atomic E-state index is 8.23. The summed E-state index contributed by atoms with van der Waals surface area (Å²) in [5.41, 5.74) is 8.80. The number of nitrogens with zero attached hydrogens (tertiary/aromatic N) is 1. The number of rotatable bonds is 4. The molecule has 0 saturated carbocycles. The lowest BCUT2D eigenvalue weighted by molar-refractivity contribution is 0.176. The van der Waals surface area contributed by atoms with Crippen LogP contribution in [0.15, 0.2) is 42.6 Å². The monoisotopic (exact) mass is 338 g/mol. The zero-order chi connectivity index (χ0) is 18.0. The van der Waals surface area contributed by atoms with Crippen LogP contribution in [0, 0.1) is 16.7 Å². The van der Waals surface area contributed by atoms with Gasteiger partial charge in [-0.2, -0.15) is 0 Å². The summed E-state index contributed by atoms with van der Waals surface area (Å²) in [6, 6.07) is 11.7. The van der Waals surface area contributed by atoms with E-state index in [1.54, 1.807) is 22.9 Å². The fourth-order valence-electron chi connectivity index (χ4n) is 3.33. The normalized spacial score (nSPS) is 19.5. The summed E-state index contributed by atoms with van der Waals surface area (Å²) < 4.78 is 7.82. The third kappa shape index (κ3) is 3.82. The van der Waals surface area contributed by atoms with Gasteiger partial charge in [-0.15, -0.1) is 0 Å².